The van der Waals surface area contributed by atoms with Gasteiger partial charge in [0.15, 0.2) is 0 Å². The molecule has 0 nitrogen and oxygen atoms in total. The summed E-state index contributed by atoms with van der Waals surface area (Å²) < 4.78 is 0. The van der Waals surface area contributed by atoms with E-state index in [1.807, 2.05) is 0 Å². The van der Waals surface area contributed by atoms with Gasteiger partial charge in [-0.2, -0.15) is 12.6 Å². The Balaban J connectivity index is 1.39. The summed E-state index contributed by atoms with van der Waals surface area (Å²) >= 11 is 4.63. The van der Waals surface area contributed by atoms with Gasteiger partial charge in [0, 0.05) is 5.25 Å². The average Bonchev–Trinajstić information content (AvgIpc) is 2.36. The third kappa shape index (κ3) is 3.26. The van der Waals surface area contributed by atoms with Crippen molar-refractivity contribution in [3.05, 3.63) is 0 Å². The third-order valence-electron chi connectivity index (χ3n) is 6.19. The molecule has 0 atom stereocenters. The van der Waals surface area contributed by atoms with Gasteiger partial charge in [0.1, 0.15) is 0 Å². The largest absolute Gasteiger partial charge is 0.176 e. The number of hydrogen-bond donors (Lipinski definition) is 1. The van der Waals surface area contributed by atoms with Crippen LogP contribution in [0.25, 0.3) is 0 Å². The molecule has 0 aromatic heterocycles. The SMILES string of the molecule is SC1CCC(C2CCC(CC3CCC3)CC2)CC1. The van der Waals surface area contributed by atoms with Crippen LogP contribution in [-0.4, -0.2) is 5.25 Å². The van der Waals surface area contributed by atoms with E-state index in [-0.39, 0.29) is 0 Å². The molecule has 0 unspecified atom stereocenters. The molecule has 0 bridgehead atoms. The van der Waals surface area contributed by atoms with Crippen LogP contribution in [-0.2, 0) is 0 Å². The minimum Gasteiger partial charge on any atom is -0.176 e. The first-order chi connectivity index (χ1) is 8.81. The van der Waals surface area contributed by atoms with E-state index >= 15 is 0 Å². The van der Waals surface area contributed by atoms with E-state index in [0.29, 0.717) is 0 Å². The lowest BCUT2D eigenvalue weighted by Gasteiger charge is -2.38. The van der Waals surface area contributed by atoms with Crippen molar-refractivity contribution in [3.8, 4) is 0 Å². The first-order valence-corrected chi connectivity index (χ1v) is 9.01. The fourth-order valence-corrected chi connectivity index (χ4v) is 4.97. The minimum absolute atomic E-state index is 0.719. The van der Waals surface area contributed by atoms with E-state index in [2.05, 4.69) is 12.6 Å². The second-order valence-electron chi connectivity index (χ2n) is 7.38. The second-order valence-corrected chi connectivity index (χ2v) is 8.11. The summed E-state index contributed by atoms with van der Waals surface area (Å²) in [5, 5.41) is 0.719. The fraction of sp³-hybridized carbons (Fsp3) is 1.00. The standard InChI is InChI=1S/C17H30S/c18-17-10-8-16(9-11-17)15-6-4-14(5-7-15)12-13-2-1-3-13/h13-18H,1-12H2. The number of thiol groups is 1. The van der Waals surface area contributed by atoms with Crippen molar-refractivity contribution in [2.75, 3.05) is 0 Å². The Morgan fingerprint density at radius 2 is 1.11 bits per heavy atom. The molecule has 0 N–H and O–H groups in total. The van der Waals surface area contributed by atoms with Crippen molar-refractivity contribution in [2.45, 2.75) is 82.3 Å². The zero-order chi connectivity index (χ0) is 12.4. The predicted molar refractivity (Wildman–Crippen MR) is 82.1 cm³/mol. The molecule has 3 fully saturated rings. The Kier molecular flexibility index (Phi) is 4.59. The van der Waals surface area contributed by atoms with E-state index in [1.54, 1.807) is 44.9 Å². The van der Waals surface area contributed by atoms with Gasteiger partial charge in [-0.3, -0.25) is 0 Å². The van der Waals surface area contributed by atoms with E-state index in [4.69, 9.17) is 0 Å². The Labute approximate surface area is 119 Å². The zero-order valence-electron chi connectivity index (χ0n) is 11.8. The zero-order valence-corrected chi connectivity index (χ0v) is 12.7. The number of hydrogen-bond acceptors (Lipinski definition) is 1. The van der Waals surface area contributed by atoms with Crippen LogP contribution in [0, 0.1) is 23.7 Å². The molecule has 0 radical (unpaired) electrons. The van der Waals surface area contributed by atoms with Crippen LogP contribution in [0.5, 0.6) is 0 Å². The van der Waals surface area contributed by atoms with Crippen LogP contribution in [0.15, 0.2) is 0 Å². The Hall–Kier alpha value is 0.350. The molecule has 104 valence electrons. The third-order valence-corrected chi connectivity index (χ3v) is 6.71. The van der Waals surface area contributed by atoms with Crippen LogP contribution >= 0.6 is 12.6 Å². The van der Waals surface area contributed by atoms with Crippen LogP contribution in [0.1, 0.15) is 77.0 Å². The lowest BCUT2D eigenvalue weighted by atomic mass is 9.68. The summed E-state index contributed by atoms with van der Waals surface area (Å²) in [7, 11) is 0. The molecular formula is C17H30S. The predicted octanol–water partition coefficient (Wildman–Crippen LogP) is 5.47. The van der Waals surface area contributed by atoms with E-state index in [0.717, 1.165) is 28.9 Å². The highest BCUT2D eigenvalue weighted by atomic mass is 32.1. The van der Waals surface area contributed by atoms with Crippen molar-refractivity contribution in [2.24, 2.45) is 23.7 Å². The normalized spacial score (nSPS) is 42.5. The lowest BCUT2D eigenvalue weighted by Crippen LogP contribution is -2.27. The Morgan fingerprint density at radius 3 is 1.61 bits per heavy atom. The molecule has 0 aliphatic heterocycles. The summed E-state index contributed by atoms with van der Waals surface area (Å²) in [4.78, 5) is 0. The van der Waals surface area contributed by atoms with Gasteiger partial charge in [0.05, 0.1) is 0 Å². The highest BCUT2D eigenvalue weighted by Gasteiger charge is 2.31. The van der Waals surface area contributed by atoms with Gasteiger partial charge >= 0.3 is 0 Å². The van der Waals surface area contributed by atoms with E-state index < -0.39 is 0 Å². The molecule has 3 aliphatic carbocycles. The average molecular weight is 266 g/mol. The summed E-state index contributed by atoms with van der Waals surface area (Å²) in [6.07, 6.45) is 18.1. The first kappa shape index (κ1) is 13.3. The molecule has 0 amide bonds. The molecular weight excluding hydrogens is 236 g/mol. The van der Waals surface area contributed by atoms with Gasteiger partial charge in [-0.1, -0.05) is 32.1 Å². The maximum absolute atomic E-state index is 4.63. The monoisotopic (exact) mass is 266 g/mol. The first-order valence-electron chi connectivity index (χ1n) is 8.49. The molecule has 0 saturated heterocycles. The van der Waals surface area contributed by atoms with Crippen molar-refractivity contribution >= 4 is 12.6 Å². The molecule has 3 saturated carbocycles. The molecule has 0 heterocycles. The highest BCUT2D eigenvalue weighted by molar-refractivity contribution is 7.80. The van der Waals surface area contributed by atoms with Gasteiger partial charge in [0.25, 0.3) is 0 Å². The van der Waals surface area contributed by atoms with Crippen LogP contribution in [0.2, 0.25) is 0 Å². The van der Waals surface area contributed by atoms with Crippen molar-refractivity contribution in [3.63, 3.8) is 0 Å². The van der Waals surface area contributed by atoms with Crippen LogP contribution in [0.3, 0.4) is 0 Å². The summed E-state index contributed by atoms with van der Waals surface area (Å²) in [6.45, 7) is 0. The summed E-state index contributed by atoms with van der Waals surface area (Å²) in [5.41, 5.74) is 0. The minimum atomic E-state index is 0.719. The van der Waals surface area contributed by atoms with Crippen LogP contribution in [0.4, 0.5) is 0 Å². The molecule has 3 aliphatic rings. The maximum Gasteiger partial charge on any atom is 0.00170 e. The Morgan fingerprint density at radius 1 is 0.611 bits per heavy atom. The summed E-state index contributed by atoms with van der Waals surface area (Å²) in [6, 6.07) is 0. The molecule has 0 aromatic carbocycles. The molecule has 1 heteroatoms. The Bertz CT molecular complexity index is 242. The fourth-order valence-electron chi connectivity index (χ4n) is 4.67. The smallest absolute Gasteiger partial charge is 0.00170 e. The van der Waals surface area contributed by atoms with Gasteiger partial charge < -0.3 is 0 Å². The van der Waals surface area contributed by atoms with E-state index in [9.17, 15) is 0 Å². The van der Waals surface area contributed by atoms with Crippen molar-refractivity contribution < 1.29 is 0 Å². The van der Waals surface area contributed by atoms with Gasteiger partial charge in [-0.15, -0.1) is 0 Å². The highest BCUT2D eigenvalue weighted by Crippen LogP contribution is 2.43. The van der Waals surface area contributed by atoms with Gasteiger partial charge in [-0.05, 0) is 68.6 Å². The van der Waals surface area contributed by atoms with Crippen LogP contribution < -0.4 is 0 Å². The lowest BCUT2D eigenvalue weighted by molar-refractivity contribution is 0.142. The molecule has 0 spiro atoms. The summed E-state index contributed by atoms with van der Waals surface area (Å²) in [5.74, 6) is 4.39. The van der Waals surface area contributed by atoms with E-state index in [1.165, 1.54) is 32.1 Å². The molecule has 3 rings (SSSR count). The number of rotatable bonds is 3. The topological polar surface area (TPSA) is 0 Å². The van der Waals surface area contributed by atoms with Crippen molar-refractivity contribution in [1.29, 1.82) is 0 Å². The maximum atomic E-state index is 4.63. The van der Waals surface area contributed by atoms with Crippen molar-refractivity contribution in [1.82, 2.24) is 0 Å². The second kappa shape index (κ2) is 6.20. The molecule has 0 aromatic rings. The van der Waals surface area contributed by atoms with Gasteiger partial charge in [0.2, 0.25) is 0 Å². The molecule has 18 heavy (non-hydrogen) atoms. The quantitative estimate of drug-likeness (QED) is 0.643. The van der Waals surface area contributed by atoms with Gasteiger partial charge in [-0.25, -0.2) is 0 Å².